The van der Waals surface area contributed by atoms with Gasteiger partial charge in [-0.1, -0.05) is 26.0 Å². The monoisotopic (exact) mass is 462 g/mol. The number of esters is 1. The number of nitrogens with zero attached hydrogens (tertiary/aromatic N) is 4. The molecule has 0 bridgehead atoms. The Morgan fingerprint density at radius 1 is 1.12 bits per heavy atom. The van der Waals surface area contributed by atoms with Gasteiger partial charge in [-0.05, 0) is 43.5 Å². The van der Waals surface area contributed by atoms with Gasteiger partial charge in [0.05, 0.1) is 24.6 Å². The molecule has 176 valence electrons. The molecule has 0 saturated heterocycles. The number of oxazole rings is 1. The number of carbonyl (C=O) groups is 1. The summed E-state index contributed by atoms with van der Waals surface area (Å²) in [7, 11) is 2.74. The number of carbonyl (C=O) groups excluding carboxylic acids is 1. The molecular weight excluding hydrogens is 436 g/mol. The fraction of sp³-hybridized carbons (Fsp3) is 0.320. The van der Waals surface area contributed by atoms with Crippen LogP contribution in [0, 0.1) is 13.8 Å². The SMILES string of the molecule is COC(=O)c1cc(C)nc2c1c(=O)n(Cc1nc(-c3ccc(C(C)C)cc3)oc1C)c(=O)n2C. The summed E-state index contributed by atoms with van der Waals surface area (Å²) in [5.74, 6) is 0.621. The third kappa shape index (κ3) is 3.93. The second-order valence-corrected chi connectivity index (χ2v) is 8.53. The molecule has 0 aliphatic rings. The number of benzene rings is 1. The van der Waals surface area contributed by atoms with E-state index in [2.05, 4.69) is 23.8 Å². The predicted molar refractivity (Wildman–Crippen MR) is 127 cm³/mol. The summed E-state index contributed by atoms with van der Waals surface area (Å²) < 4.78 is 13.0. The highest BCUT2D eigenvalue weighted by atomic mass is 16.5. The van der Waals surface area contributed by atoms with Crippen molar-refractivity contribution in [3.05, 3.63) is 79.4 Å². The fourth-order valence-corrected chi connectivity index (χ4v) is 3.87. The van der Waals surface area contributed by atoms with Gasteiger partial charge < -0.3 is 9.15 Å². The quantitative estimate of drug-likeness (QED) is 0.419. The van der Waals surface area contributed by atoms with E-state index < -0.39 is 17.2 Å². The lowest BCUT2D eigenvalue weighted by molar-refractivity contribution is 0.0602. The zero-order chi connectivity index (χ0) is 24.7. The molecule has 9 heteroatoms. The molecule has 0 spiro atoms. The molecule has 0 radical (unpaired) electrons. The Balaban J connectivity index is 1.83. The van der Waals surface area contributed by atoms with Crippen LogP contribution in [-0.2, 0) is 18.3 Å². The Kier molecular flexibility index (Phi) is 5.95. The number of aromatic nitrogens is 4. The molecule has 4 aromatic rings. The van der Waals surface area contributed by atoms with Crippen molar-refractivity contribution in [3.8, 4) is 11.5 Å². The highest BCUT2D eigenvalue weighted by molar-refractivity contribution is 6.02. The smallest absolute Gasteiger partial charge is 0.338 e. The van der Waals surface area contributed by atoms with Crippen molar-refractivity contribution in [2.45, 2.75) is 40.2 Å². The summed E-state index contributed by atoms with van der Waals surface area (Å²) >= 11 is 0. The van der Waals surface area contributed by atoms with Crippen LogP contribution in [0.1, 0.15) is 52.8 Å². The van der Waals surface area contributed by atoms with Crippen LogP contribution in [0.3, 0.4) is 0 Å². The number of methoxy groups -OCH3 is 1. The van der Waals surface area contributed by atoms with Crippen LogP contribution in [0.15, 0.2) is 44.3 Å². The zero-order valence-electron chi connectivity index (χ0n) is 20.0. The van der Waals surface area contributed by atoms with Crippen LogP contribution in [0.25, 0.3) is 22.5 Å². The molecule has 9 nitrogen and oxygen atoms in total. The van der Waals surface area contributed by atoms with E-state index in [9.17, 15) is 14.4 Å². The zero-order valence-corrected chi connectivity index (χ0v) is 20.0. The summed E-state index contributed by atoms with van der Waals surface area (Å²) in [6.07, 6.45) is 0. The van der Waals surface area contributed by atoms with Gasteiger partial charge in [-0.25, -0.2) is 19.6 Å². The van der Waals surface area contributed by atoms with Crippen LogP contribution in [-0.4, -0.2) is 32.2 Å². The van der Waals surface area contributed by atoms with Gasteiger partial charge in [-0.15, -0.1) is 0 Å². The summed E-state index contributed by atoms with van der Waals surface area (Å²) in [5.41, 5.74) is 1.89. The number of rotatable bonds is 5. The minimum Gasteiger partial charge on any atom is -0.465 e. The van der Waals surface area contributed by atoms with E-state index in [0.29, 0.717) is 29.0 Å². The first-order valence-electron chi connectivity index (χ1n) is 10.9. The lowest BCUT2D eigenvalue weighted by atomic mass is 10.0. The second kappa shape index (κ2) is 8.74. The molecule has 0 amide bonds. The Labute approximate surface area is 195 Å². The van der Waals surface area contributed by atoms with Gasteiger partial charge >= 0.3 is 11.7 Å². The molecule has 0 saturated carbocycles. The van der Waals surface area contributed by atoms with Gasteiger partial charge in [0.2, 0.25) is 5.89 Å². The maximum Gasteiger partial charge on any atom is 0.338 e. The molecular formula is C25H26N4O5. The first-order chi connectivity index (χ1) is 16.1. The van der Waals surface area contributed by atoms with Gasteiger partial charge in [0.15, 0.2) is 0 Å². The molecule has 0 aliphatic carbocycles. The van der Waals surface area contributed by atoms with Gasteiger partial charge in [-0.3, -0.25) is 13.9 Å². The molecule has 0 atom stereocenters. The number of hydrogen-bond donors (Lipinski definition) is 0. The van der Waals surface area contributed by atoms with Gasteiger partial charge in [-0.2, -0.15) is 0 Å². The van der Waals surface area contributed by atoms with E-state index >= 15 is 0 Å². The average molecular weight is 463 g/mol. The van der Waals surface area contributed by atoms with Crippen molar-refractivity contribution in [3.63, 3.8) is 0 Å². The third-order valence-electron chi connectivity index (χ3n) is 5.85. The van der Waals surface area contributed by atoms with Gasteiger partial charge in [0.1, 0.15) is 17.1 Å². The number of fused-ring (bicyclic) bond motifs is 1. The van der Waals surface area contributed by atoms with Crippen LogP contribution in [0.5, 0.6) is 0 Å². The van der Waals surface area contributed by atoms with Crippen molar-refractivity contribution >= 4 is 17.0 Å². The topological polar surface area (TPSA) is 109 Å². The highest BCUT2D eigenvalue weighted by Crippen LogP contribution is 2.24. The molecule has 0 aliphatic heterocycles. The summed E-state index contributed by atoms with van der Waals surface area (Å²) in [4.78, 5) is 47.7. The van der Waals surface area contributed by atoms with Crippen LogP contribution < -0.4 is 11.2 Å². The normalized spacial score (nSPS) is 11.4. The first kappa shape index (κ1) is 23.2. The predicted octanol–water partition coefficient (Wildman–Crippen LogP) is 3.33. The lowest BCUT2D eigenvalue weighted by Crippen LogP contribution is -2.40. The molecule has 4 rings (SSSR count). The van der Waals surface area contributed by atoms with E-state index in [1.54, 1.807) is 13.8 Å². The largest absolute Gasteiger partial charge is 0.465 e. The minimum atomic E-state index is -0.678. The Bertz CT molecular complexity index is 1520. The number of pyridine rings is 1. The Morgan fingerprint density at radius 2 is 1.79 bits per heavy atom. The molecule has 3 heterocycles. The van der Waals surface area contributed by atoms with Crippen molar-refractivity contribution in [1.29, 1.82) is 0 Å². The molecule has 3 aromatic heterocycles. The minimum absolute atomic E-state index is 0.0187. The van der Waals surface area contributed by atoms with Crippen molar-refractivity contribution < 1.29 is 13.9 Å². The maximum atomic E-state index is 13.4. The number of hydrogen-bond acceptors (Lipinski definition) is 7. The van der Waals surface area contributed by atoms with Crippen LogP contribution >= 0.6 is 0 Å². The summed E-state index contributed by atoms with van der Waals surface area (Å²) in [6.45, 7) is 7.53. The highest BCUT2D eigenvalue weighted by Gasteiger charge is 2.22. The first-order valence-corrected chi connectivity index (χ1v) is 10.9. The maximum absolute atomic E-state index is 13.4. The van der Waals surface area contributed by atoms with Crippen molar-refractivity contribution in [2.75, 3.05) is 7.11 Å². The lowest BCUT2D eigenvalue weighted by Gasteiger charge is -2.12. The molecule has 1 aromatic carbocycles. The fourth-order valence-electron chi connectivity index (χ4n) is 3.87. The van der Waals surface area contributed by atoms with E-state index in [4.69, 9.17) is 9.15 Å². The third-order valence-corrected chi connectivity index (χ3v) is 5.85. The van der Waals surface area contributed by atoms with Crippen LogP contribution in [0.4, 0.5) is 0 Å². The van der Waals surface area contributed by atoms with E-state index in [-0.39, 0.29) is 23.1 Å². The standard InChI is InChI=1S/C25H26N4O5/c1-13(2)16-7-9-17(10-8-16)22-27-19(15(4)34-22)12-29-23(30)20-18(24(31)33-6)11-14(3)26-21(20)28(5)25(29)32/h7-11,13H,12H2,1-6H3. The van der Waals surface area contributed by atoms with Gasteiger partial charge in [0.25, 0.3) is 5.56 Å². The van der Waals surface area contributed by atoms with E-state index in [1.807, 2.05) is 24.3 Å². The van der Waals surface area contributed by atoms with Crippen molar-refractivity contribution in [2.24, 2.45) is 7.05 Å². The molecule has 0 unspecified atom stereocenters. The van der Waals surface area contributed by atoms with Gasteiger partial charge in [0, 0.05) is 18.3 Å². The molecule has 0 fully saturated rings. The van der Waals surface area contributed by atoms with Crippen molar-refractivity contribution in [1.82, 2.24) is 19.1 Å². The summed E-state index contributed by atoms with van der Waals surface area (Å²) in [5, 5.41) is 0.0187. The number of ether oxygens (including phenoxy) is 1. The Hall–Kier alpha value is -4.01. The molecule has 34 heavy (non-hydrogen) atoms. The Morgan fingerprint density at radius 3 is 2.41 bits per heavy atom. The van der Waals surface area contributed by atoms with E-state index in [0.717, 1.165) is 10.1 Å². The van der Waals surface area contributed by atoms with Crippen LogP contribution in [0.2, 0.25) is 0 Å². The number of aryl methyl sites for hydroxylation is 3. The molecule has 0 N–H and O–H groups in total. The second-order valence-electron chi connectivity index (χ2n) is 8.53. The van der Waals surface area contributed by atoms with E-state index in [1.165, 1.54) is 30.4 Å². The average Bonchev–Trinajstić information content (AvgIpc) is 3.19. The summed E-state index contributed by atoms with van der Waals surface area (Å²) in [6, 6.07) is 9.38.